The second kappa shape index (κ2) is 9.73. The zero-order valence-corrected chi connectivity index (χ0v) is 16.1. The first-order valence-electron chi connectivity index (χ1n) is 9.25. The summed E-state index contributed by atoms with van der Waals surface area (Å²) in [6, 6.07) is 12.5. The average Bonchev–Trinajstić information content (AvgIpc) is 2.68. The van der Waals surface area contributed by atoms with E-state index in [0.717, 1.165) is 36.0 Å². The lowest BCUT2D eigenvalue weighted by Gasteiger charge is -2.31. The van der Waals surface area contributed by atoms with Crippen molar-refractivity contribution in [1.29, 1.82) is 0 Å². The van der Waals surface area contributed by atoms with Crippen LogP contribution in [0, 0.1) is 5.92 Å². The molecule has 1 aliphatic rings. The van der Waals surface area contributed by atoms with Crippen LogP contribution in [0.4, 0.5) is 0 Å². The standard InChI is InChI=1S/C22H23ClO5/c23-20-8-5-4-7-17(20)19-12-16(24)10-11-18(19)22-27-13-15(14-28-22)6-2-1-3-9-21(25)26/h3-5,7-12,15,22,24H,1-2,6,13-14H2,(H,25,26)/b9-3+. The van der Waals surface area contributed by atoms with Crippen LogP contribution in [-0.2, 0) is 14.3 Å². The third-order valence-electron chi connectivity index (χ3n) is 4.67. The molecule has 2 aromatic carbocycles. The van der Waals surface area contributed by atoms with Gasteiger partial charge in [0.1, 0.15) is 5.75 Å². The minimum Gasteiger partial charge on any atom is -0.508 e. The van der Waals surface area contributed by atoms with E-state index >= 15 is 0 Å². The summed E-state index contributed by atoms with van der Waals surface area (Å²) in [5, 5.41) is 19.1. The molecule has 0 saturated carbocycles. The number of carboxylic acids is 1. The second-order valence-electron chi connectivity index (χ2n) is 6.79. The van der Waals surface area contributed by atoms with Crippen LogP contribution in [0.3, 0.4) is 0 Å². The maximum absolute atomic E-state index is 10.5. The Morgan fingerprint density at radius 3 is 2.61 bits per heavy atom. The molecule has 0 atom stereocenters. The van der Waals surface area contributed by atoms with E-state index in [9.17, 15) is 9.90 Å². The summed E-state index contributed by atoms with van der Waals surface area (Å²) in [6.07, 6.45) is 4.84. The molecular formula is C22H23ClO5. The number of unbranched alkanes of at least 4 members (excludes halogenated alkanes) is 1. The van der Waals surface area contributed by atoms with Crippen LogP contribution in [0.5, 0.6) is 5.75 Å². The molecule has 3 rings (SSSR count). The molecule has 1 aliphatic heterocycles. The Morgan fingerprint density at radius 2 is 1.89 bits per heavy atom. The van der Waals surface area contributed by atoms with Gasteiger partial charge in [-0.05, 0) is 49.1 Å². The molecule has 1 heterocycles. The highest BCUT2D eigenvalue weighted by Crippen LogP contribution is 2.38. The third kappa shape index (κ3) is 5.35. The van der Waals surface area contributed by atoms with Crippen molar-refractivity contribution in [2.24, 2.45) is 5.92 Å². The van der Waals surface area contributed by atoms with Gasteiger partial charge >= 0.3 is 5.97 Å². The molecule has 0 aliphatic carbocycles. The number of aliphatic carboxylic acids is 1. The van der Waals surface area contributed by atoms with Crippen LogP contribution in [-0.4, -0.2) is 29.4 Å². The van der Waals surface area contributed by atoms with E-state index in [4.69, 9.17) is 26.2 Å². The largest absolute Gasteiger partial charge is 0.508 e. The van der Waals surface area contributed by atoms with Gasteiger partial charge in [-0.1, -0.05) is 35.9 Å². The van der Waals surface area contributed by atoms with Gasteiger partial charge in [0, 0.05) is 28.1 Å². The highest BCUT2D eigenvalue weighted by atomic mass is 35.5. The number of benzene rings is 2. The van der Waals surface area contributed by atoms with Gasteiger partial charge in [0.05, 0.1) is 13.2 Å². The lowest BCUT2D eigenvalue weighted by atomic mass is 9.97. The van der Waals surface area contributed by atoms with Crippen LogP contribution in [0.15, 0.2) is 54.6 Å². The lowest BCUT2D eigenvalue weighted by molar-refractivity contribution is -0.205. The number of carbonyl (C=O) groups is 1. The highest BCUT2D eigenvalue weighted by Gasteiger charge is 2.26. The molecule has 148 valence electrons. The quantitative estimate of drug-likeness (QED) is 0.492. The van der Waals surface area contributed by atoms with Crippen LogP contribution in [0.2, 0.25) is 5.02 Å². The Bertz CT molecular complexity index is 841. The molecule has 0 aromatic heterocycles. The van der Waals surface area contributed by atoms with Gasteiger partial charge in [-0.25, -0.2) is 4.79 Å². The van der Waals surface area contributed by atoms with E-state index in [0.29, 0.717) is 18.2 Å². The van der Waals surface area contributed by atoms with Crippen molar-refractivity contribution in [1.82, 2.24) is 0 Å². The summed E-state index contributed by atoms with van der Waals surface area (Å²) in [5.74, 6) is -0.493. The van der Waals surface area contributed by atoms with Crippen molar-refractivity contribution in [2.45, 2.75) is 25.6 Å². The number of allylic oxidation sites excluding steroid dienone is 1. The zero-order valence-electron chi connectivity index (χ0n) is 15.4. The minimum absolute atomic E-state index is 0.154. The summed E-state index contributed by atoms with van der Waals surface area (Å²) >= 11 is 6.34. The smallest absolute Gasteiger partial charge is 0.327 e. The maximum atomic E-state index is 10.5. The number of aromatic hydroxyl groups is 1. The van der Waals surface area contributed by atoms with Crippen molar-refractivity contribution < 1.29 is 24.5 Å². The van der Waals surface area contributed by atoms with Crippen molar-refractivity contribution in [3.05, 3.63) is 65.2 Å². The molecule has 1 fully saturated rings. The fourth-order valence-electron chi connectivity index (χ4n) is 3.26. The number of hydrogen-bond donors (Lipinski definition) is 2. The van der Waals surface area contributed by atoms with E-state index in [1.807, 2.05) is 24.3 Å². The molecule has 28 heavy (non-hydrogen) atoms. The second-order valence-corrected chi connectivity index (χ2v) is 7.19. The van der Waals surface area contributed by atoms with Gasteiger partial charge in [-0.3, -0.25) is 0 Å². The molecule has 0 amide bonds. The molecule has 2 N–H and O–H groups in total. The van der Waals surface area contributed by atoms with E-state index < -0.39 is 12.3 Å². The molecule has 6 heteroatoms. The molecular weight excluding hydrogens is 380 g/mol. The first-order valence-corrected chi connectivity index (χ1v) is 9.63. The number of ether oxygens (including phenoxy) is 2. The average molecular weight is 403 g/mol. The number of phenols is 1. The molecule has 0 bridgehead atoms. The number of halogens is 1. The zero-order chi connectivity index (χ0) is 19.9. The monoisotopic (exact) mass is 402 g/mol. The fraction of sp³-hybridized carbons (Fsp3) is 0.318. The summed E-state index contributed by atoms with van der Waals surface area (Å²) in [6.45, 7) is 1.13. The Morgan fingerprint density at radius 1 is 1.14 bits per heavy atom. The lowest BCUT2D eigenvalue weighted by Crippen LogP contribution is -2.27. The van der Waals surface area contributed by atoms with E-state index in [1.54, 1.807) is 24.3 Å². The highest BCUT2D eigenvalue weighted by molar-refractivity contribution is 6.33. The third-order valence-corrected chi connectivity index (χ3v) is 4.99. The van der Waals surface area contributed by atoms with Gasteiger partial charge in [0.25, 0.3) is 0 Å². The van der Waals surface area contributed by atoms with E-state index in [2.05, 4.69) is 0 Å². The van der Waals surface area contributed by atoms with E-state index in [-0.39, 0.29) is 11.7 Å². The normalized spacial score (nSPS) is 19.8. The van der Waals surface area contributed by atoms with Gasteiger partial charge in [0.15, 0.2) is 6.29 Å². The van der Waals surface area contributed by atoms with Crippen molar-refractivity contribution in [3.63, 3.8) is 0 Å². The van der Waals surface area contributed by atoms with Crippen LogP contribution >= 0.6 is 11.6 Å². The topological polar surface area (TPSA) is 76.0 Å². The Balaban J connectivity index is 1.63. The summed E-state index contributed by atoms with van der Waals surface area (Å²) in [7, 11) is 0. The summed E-state index contributed by atoms with van der Waals surface area (Å²) < 4.78 is 11.9. The van der Waals surface area contributed by atoms with Crippen LogP contribution < -0.4 is 0 Å². The number of hydrogen-bond acceptors (Lipinski definition) is 4. The van der Waals surface area contributed by atoms with E-state index in [1.165, 1.54) is 6.08 Å². The molecule has 0 unspecified atom stereocenters. The van der Waals surface area contributed by atoms with Crippen molar-refractivity contribution >= 4 is 17.6 Å². The first-order chi connectivity index (χ1) is 13.5. The molecule has 1 saturated heterocycles. The molecule has 0 radical (unpaired) electrons. The van der Waals surface area contributed by atoms with Gasteiger partial charge < -0.3 is 19.7 Å². The first kappa shape index (κ1) is 20.4. The SMILES string of the molecule is O=C(O)/C=C/CCCC1COC(c2ccc(O)cc2-c2ccccc2Cl)OC1. The predicted molar refractivity (Wildman–Crippen MR) is 107 cm³/mol. The van der Waals surface area contributed by atoms with Gasteiger partial charge in [0.2, 0.25) is 0 Å². The van der Waals surface area contributed by atoms with Gasteiger partial charge in [-0.2, -0.15) is 0 Å². The fourth-order valence-corrected chi connectivity index (χ4v) is 3.50. The number of rotatable bonds is 7. The number of phenolic OH excluding ortho intramolecular Hbond substituents is 1. The Labute approximate surface area is 169 Å². The minimum atomic E-state index is -0.921. The van der Waals surface area contributed by atoms with Gasteiger partial charge in [-0.15, -0.1) is 0 Å². The number of carboxylic acid groups (broad SMARTS) is 1. The Kier molecular flexibility index (Phi) is 7.09. The summed E-state index contributed by atoms with van der Waals surface area (Å²) in [4.78, 5) is 10.5. The van der Waals surface area contributed by atoms with Crippen LogP contribution in [0.25, 0.3) is 11.1 Å². The van der Waals surface area contributed by atoms with Crippen molar-refractivity contribution in [3.8, 4) is 16.9 Å². The summed E-state index contributed by atoms with van der Waals surface area (Å²) in [5.41, 5.74) is 2.43. The Hall–Kier alpha value is -2.34. The molecule has 5 nitrogen and oxygen atoms in total. The molecule has 0 spiro atoms. The van der Waals surface area contributed by atoms with Crippen molar-refractivity contribution in [2.75, 3.05) is 13.2 Å². The molecule has 2 aromatic rings. The predicted octanol–water partition coefficient (Wildman–Crippen LogP) is 5.19. The maximum Gasteiger partial charge on any atom is 0.327 e. The van der Waals surface area contributed by atoms with Crippen LogP contribution in [0.1, 0.15) is 31.1 Å².